The topological polar surface area (TPSA) is 12.9 Å². The predicted octanol–water partition coefficient (Wildman–Crippen LogP) is 3.05. The van der Waals surface area contributed by atoms with E-state index in [4.69, 9.17) is 0 Å². The molecule has 0 N–H and O–H groups in total. The summed E-state index contributed by atoms with van der Waals surface area (Å²) in [5.41, 5.74) is -0.00553. The standard InChI is InChI=1S/C10H13F2N/c1-4-10(2,3)9-8(12)5-7(11)6-13-9/h5-6H,4H2,1-3H3. The first-order valence-corrected chi connectivity index (χ1v) is 4.29. The van der Waals surface area contributed by atoms with Crippen LogP contribution in [0.5, 0.6) is 0 Å². The third-order valence-electron chi connectivity index (χ3n) is 2.33. The average molecular weight is 185 g/mol. The molecule has 0 radical (unpaired) electrons. The van der Waals surface area contributed by atoms with Crippen molar-refractivity contribution in [2.75, 3.05) is 0 Å². The van der Waals surface area contributed by atoms with Crippen LogP contribution in [0.4, 0.5) is 8.78 Å². The van der Waals surface area contributed by atoms with E-state index >= 15 is 0 Å². The zero-order valence-corrected chi connectivity index (χ0v) is 8.06. The monoisotopic (exact) mass is 185 g/mol. The second-order valence-corrected chi connectivity index (χ2v) is 3.72. The van der Waals surface area contributed by atoms with E-state index in [2.05, 4.69) is 4.98 Å². The van der Waals surface area contributed by atoms with Crippen molar-refractivity contribution < 1.29 is 8.78 Å². The molecule has 0 aliphatic heterocycles. The quantitative estimate of drug-likeness (QED) is 0.690. The van der Waals surface area contributed by atoms with Crippen molar-refractivity contribution in [3.8, 4) is 0 Å². The smallest absolute Gasteiger partial charge is 0.148 e. The molecule has 0 unspecified atom stereocenters. The lowest BCUT2D eigenvalue weighted by molar-refractivity contribution is 0.445. The highest BCUT2D eigenvalue weighted by Crippen LogP contribution is 2.26. The van der Waals surface area contributed by atoms with Gasteiger partial charge in [-0.05, 0) is 6.42 Å². The fourth-order valence-electron chi connectivity index (χ4n) is 1.08. The van der Waals surface area contributed by atoms with Gasteiger partial charge in [0.05, 0.1) is 11.9 Å². The molecule has 0 bridgehead atoms. The lowest BCUT2D eigenvalue weighted by Gasteiger charge is -2.22. The number of halogens is 2. The number of pyridine rings is 1. The van der Waals surface area contributed by atoms with Gasteiger partial charge in [0.2, 0.25) is 0 Å². The van der Waals surface area contributed by atoms with Crippen molar-refractivity contribution in [3.05, 3.63) is 29.6 Å². The van der Waals surface area contributed by atoms with Gasteiger partial charge in [0.25, 0.3) is 0 Å². The van der Waals surface area contributed by atoms with E-state index in [1.807, 2.05) is 20.8 Å². The maximum absolute atomic E-state index is 13.2. The van der Waals surface area contributed by atoms with Crippen LogP contribution >= 0.6 is 0 Å². The third-order valence-corrected chi connectivity index (χ3v) is 2.33. The summed E-state index contributed by atoms with van der Waals surface area (Å²) >= 11 is 0. The zero-order chi connectivity index (χ0) is 10.1. The highest BCUT2D eigenvalue weighted by molar-refractivity contribution is 5.17. The SMILES string of the molecule is CCC(C)(C)c1ncc(F)cc1F. The molecule has 0 atom stereocenters. The van der Waals surface area contributed by atoms with Gasteiger partial charge in [-0.25, -0.2) is 8.78 Å². The average Bonchev–Trinajstić information content (AvgIpc) is 2.03. The van der Waals surface area contributed by atoms with Gasteiger partial charge in [-0.3, -0.25) is 4.98 Å². The van der Waals surface area contributed by atoms with Crippen LogP contribution in [0.1, 0.15) is 32.9 Å². The minimum Gasteiger partial charge on any atom is -0.255 e. The van der Waals surface area contributed by atoms with E-state index in [1.54, 1.807) is 0 Å². The van der Waals surface area contributed by atoms with E-state index in [9.17, 15) is 8.78 Å². The number of hydrogen-bond donors (Lipinski definition) is 0. The first-order chi connectivity index (χ1) is 5.97. The molecule has 1 aromatic heterocycles. The summed E-state index contributed by atoms with van der Waals surface area (Å²) in [7, 11) is 0. The summed E-state index contributed by atoms with van der Waals surface area (Å²) in [5.74, 6) is -1.19. The second kappa shape index (κ2) is 3.40. The van der Waals surface area contributed by atoms with Crippen LogP contribution in [0, 0.1) is 11.6 Å². The Hall–Kier alpha value is -0.990. The van der Waals surface area contributed by atoms with Crippen molar-refractivity contribution in [1.29, 1.82) is 0 Å². The summed E-state index contributed by atoms with van der Waals surface area (Å²) < 4.78 is 25.8. The Kier molecular flexibility index (Phi) is 2.64. The molecule has 1 rings (SSSR count). The van der Waals surface area contributed by atoms with Crippen molar-refractivity contribution in [3.63, 3.8) is 0 Å². The number of rotatable bonds is 2. The van der Waals surface area contributed by atoms with E-state index in [1.165, 1.54) is 0 Å². The Labute approximate surface area is 76.8 Å². The molecule has 1 heterocycles. The Morgan fingerprint density at radius 1 is 1.38 bits per heavy atom. The maximum atomic E-state index is 13.2. The van der Waals surface area contributed by atoms with E-state index in [0.717, 1.165) is 18.7 Å². The molecule has 0 spiro atoms. The van der Waals surface area contributed by atoms with Crippen LogP contribution in [0.3, 0.4) is 0 Å². The van der Waals surface area contributed by atoms with Crippen LogP contribution in [-0.4, -0.2) is 4.98 Å². The summed E-state index contributed by atoms with van der Waals surface area (Å²) in [4.78, 5) is 3.77. The molecule has 0 saturated heterocycles. The number of hydrogen-bond acceptors (Lipinski definition) is 1. The van der Waals surface area contributed by atoms with Gasteiger partial charge in [-0.2, -0.15) is 0 Å². The molecule has 0 aliphatic rings. The van der Waals surface area contributed by atoms with E-state index in [0.29, 0.717) is 5.69 Å². The molecule has 72 valence electrons. The van der Waals surface area contributed by atoms with Gasteiger partial charge in [0, 0.05) is 11.5 Å². The molecular formula is C10H13F2N. The second-order valence-electron chi connectivity index (χ2n) is 3.72. The van der Waals surface area contributed by atoms with Crippen LogP contribution < -0.4 is 0 Å². The van der Waals surface area contributed by atoms with Gasteiger partial charge in [0.15, 0.2) is 0 Å². The number of aromatic nitrogens is 1. The molecule has 13 heavy (non-hydrogen) atoms. The first-order valence-electron chi connectivity index (χ1n) is 4.29. The van der Waals surface area contributed by atoms with Crippen molar-refractivity contribution in [2.45, 2.75) is 32.6 Å². The van der Waals surface area contributed by atoms with Gasteiger partial charge >= 0.3 is 0 Å². The fraction of sp³-hybridized carbons (Fsp3) is 0.500. The molecule has 3 heteroatoms. The summed E-state index contributed by atoms with van der Waals surface area (Å²) in [6, 6.07) is 0.875. The van der Waals surface area contributed by atoms with Crippen LogP contribution in [0.25, 0.3) is 0 Å². The molecule has 1 nitrogen and oxygen atoms in total. The number of nitrogens with zero attached hydrogens (tertiary/aromatic N) is 1. The molecule has 0 aromatic carbocycles. The minimum absolute atomic E-state index is 0.330. The lowest BCUT2D eigenvalue weighted by atomic mass is 9.86. The Morgan fingerprint density at radius 2 is 2.00 bits per heavy atom. The first kappa shape index (κ1) is 10.1. The third kappa shape index (κ3) is 2.02. The molecular weight excluding hydrogens is 172 g/mol. The normalized spacial score (nSPS) is 11.8. The summed E-state index contributed by atoms with van der Waals surface area (Å²) in [6.07, 6.45) is 1.82. The Bertz CT molecular complexity index is 308. The summed E-state index contributed by atoms with van der Waals surface area (Å²) in [6.45, 7) is 5.72. The highest BCUT2D eigenvalue weighted by atomic mass is 19.1. The lowest BCUT2D eigenvalue weighted by Crippen LogP contribution is -2.19. The molecule has 0 amide bonds. The molecule has 0 fully saturated rings. The fourth-order valence-corrected chi connectivity index (χ4v) is 1.08. The highest BCUT2D eigenvalue weighted by Gasteiger charge is 2.23. The molecule has 1 aromatic rings. The van der Waals surface area contributed by atoms with E-state index < -0.39 is 11.6 Å². The predicted molar refractivity (Wildman–Crippen MR) is 47.5 cm³/mol. The summed E-state index contributed by atoms with van der Waals surface area (Å²) in [5, 5.41) is 0. The van der Waals surface area contributed by atoms with Gasteiger partial charge < -0.3 is 0 Å². The van der Waals surface area contributed by atoms with Gasteiger partial charge in [-0.15, -0.1) is 0 Å². The van der Waals surface area contributed by atoms with Crippen molar-refractivity contribution in [2.24, 2.45) is 0 Å². The van der Waals surface area contributed by atoms with Gasteiger partial charge in [-0.1, -0.05) is 20.8 Å². The van der Waals surface area contributed by atoms with Crippen molar-refractivity contribution in [1.82, 2.24) is 4.98 Å². The molecule has 0 aliphatic carbocycles. The van der Waals surface area contributed by atoms with Crippen LogP contribution in [0.2, 0.25) is 0 Å². The maximum Gasteiger partial charge on any atom is 0.148 e. The van der Waals surface area contributed by atoms with E-state index in [-0.39, 0.29) is 5.41 Å². The Balaban J connectivity index is 3.16. The zero-order valence-electron chi connectivity index (χ0n) is 8.06. The van der Waals surface area contributed by atoms with Gasteiger partial charge in [0.1, 0.15) is 11.6 Å². The van der Waals surface area contributed by atoms with Crippen LogP contribution in [-0.2, 0) is 5.41 Å². The van der Waals surface area contributed by atoms with Crippen molar-refractivity contribution >= 4 is 0 Å². The largest absolute Gasteiger partial charge is 0.255 e. The van der Waals surface area contributed by atoms with Crippen LogP contribution in [0.15, 0.2) is 12.3 Å². The molecule has 0 saturated carbocycles. The minimum atomic E-state index is -0.631. The Morgan fingerprint density at radius 3 is 2.46 bits per heavy atom.